The third kappa shape index (κ3) is 6.71. The van der Waals surface area contributed by atoms with Crippen LogP contribution < -0.4 is 5.48 Å². The molecule has 0 aromatic heterocycles. The van der Waals surface area contributed by atoms with E-state index in [9.17, 15) is 0 Å². The number of benzene rings is 1. The molecular weight excluding hydrogens is 260 g/mol. The number of nitrogens with zero attached hydrogens (tertiary/aromatic N) is 1. The van der Waals surface area contributed by atoms with Crippen molar-refractivity contribution in [3.05, 3.63) is 60.2 Å². The summed E-state index contributed by atoms with van der Waals surface area (Å²) >= 11 is 0. The van der Waals surface area contributed by atoms with E-state index in [-0.39, 0.29) is 6.04 Å². The molecule has 0 fully saturated rings. The second kappa shape index (κ2) is 10.3. The lowest BCUT2D eigenvalue weighted by atomic mass is 10.1. The summed E-state index contributed by atoms with van der Waals surface area (Å²) in [5, 5.41) is 0. The lowest BCUT2D eigenvalue weighted by molar-refractivity contribution is 0.0337. The topological polar surface area (TPSA) is 24.5 Å². The molecule has 0 saturated heterocycles. The number of nitrogens with one attached hydrogen (secondary N) is 1. The lowest BCUT2D eigenvalue weighted by Gasteiger charge is -2.31. The van der Waals surface area contributed by atoms with Gasteiger partial charge in [0.2, 0.25) is 0 Å². The molecule has 3 nitrogen and oxygen atoms in total. The van der Waals surface area contributed by atoms with Crippen LogP contribution in [0.5, 0.6) is 0 Å². The molecule has 0 spiro atoms. The van der Waals surface area contributed by atoms with Crippen LogP contribution in [0.25, 0.3) is 0 Å². The molecular formula is C18H28N2O. The van der Waals surface area contributed by atoms with Gasteiger partial charge < -0.3 is 0 Å². The van der Waals surface area contributed by atoms with Crippen molar-refractivity contribution in [3.63, 3.8) is 0 Å². The summed E-state index contributed by atoms with van der Waals surface area (Å²) in [5.41, 5.74) is 5.81. The van der Waals surface area contributed by atoms with E-state index >= 15 is 0 Å². The van der Waals surface area contributed by atoms with Crippen molar-refractivity contribution in [2.75, 3.05) is 19.7 Å². The molecule has 1 heterocycles. The summed E-state index contributed by atoms with van der Waals surface area (Å²) in [5.74, 6) is 0. The Kier molecular flexibility index (Phi) is 8.67. The van der Waals surface area contributed by atoms with Crippen LogP contribution in [0.4, 0.5) is 0 Å². The highest BCUT2D eigenvalue weighted by molar-refractivity contribution is 5.17. The molecule has 0 bridgehead atoms. The molecule has 1 aliphatic rings. The summed E-state index contributed by atoms with van der Waals surface area (Å²) in [6.45, 7) is 13.3. The standard InChI is InChI=1S/C16H22N2O.C2H6/c1-3-9-19-17-16-10-14(2)11-18(13-16)12-15-7-5-4-6-8-15;1-2/h3-8,10,16-17H,1,9,11-13H2,2H3;1-2H3. The molecule has 1 atom stereocenters. The summed E-state index contributed by atoms with van der Waals surface area (Å²) < 4.78 is 0. The fourth-order valence-electron chi connectivity index (χ4n) is 2.39. The highest BCUT2D eigenvalue weighted by atomic mass is 16.6. The van der Waals surface area contributed by atoms with E-state index in [2.05, 4.69) is 60.3 Å². The summed E-state index contributed by atoms with van der Waals surface area (Å²) in [6.07, 6.45) is 3.98. The van der Waals surface area contributed by atoms with E-state index in [0.29, 0.717) is 6.61 Å². The average molecular weight is 288 g/mol. The smallest absolute Gasteiger partial charge is 0.0861 e. The van der Waals surface area contributed by atoms with Crippen molar-refractivity contribution in [1.29, 1.82) is 0 Å². The second-order valence-electron chi connectivity index (χ2n) is 4.99. The molecule has 2 rings (SSSR count). The van der Waals surface area contributed by atoms with Crippen LogP contribution in [-0.4, -0.2) is 30.6 Å². The number of rotatable bonds is 6. The first-order valence-electron chi connectivity index (χ1n) is 7.69. The highest BCUT2D eigenvalue weighted by Gasteiger charge is 2.18. The van der Waals surface area contributed by atoms with Gasteiger partial charge in [-0.25, -0.2) is 0 Å². The zero-order valence-corrected chi connectivity index (χ0v) is 13.5. The second-order valence-corrected chi connectivity index (χ2v) is 4.99. The molecule has 1 N–H and O–H groups in total. The van der Waals surface area contributed by atoms with Crippen molar-refractivity contribution in [3.8, 4) is 0 Å². The maximum atomic E-state index is 5.33. The summed E-state index contributed by atoms with van der Waals surface area (Å²) in [6, 6.07) is 10.8. The Morgan fingerprint density at radius 1 is 1.33 bits per heavy atom. The Morgan fingerprint density at radius 2 is 2.05 bits per heavy atom. The largest absolute Gasteiger partial charge is 0.297 e. The highest BCUT2D eigenvalue weighted by Crippen LogP contribution is 2.13. The first-order chi connectivity index (χ1) is 10.3. The van der Waals surface area contributed by atoms with Gasteiger partial charge in [-0.3, -0.25) is 9.74 Å². The first kappa shape index (κ1) is 17.6. The van der Waals surface area contributed by atoms with Crippen molar-refractivity contribution in [2.24, 2.45) is 0 Å². The Bertz CT molecular complexity index is 428. The SMILES string of the molecule is C=CCONC1C=C(C)CN(Cc2ccccc2)C1.CC. The fourth-order valence-corrected chi connectivity index (χ4v) is 2.39. The Hall–Kier alpha value is -1.42. The van der Waals surface area contributed by atoms with Crippen LogP contribution in [0.3, 0.4) is 0 Å². The molecule has 0 aliphatic carbocycles. The van der Waals surface area contributed by atoms with Crippen LogP contribution in [-0.2, 0) is 11.4 Å². The maximum Gasteiger partial charge on any atom is 0.0861 e. The van der Waals surface area contributed by atoms with E-state index in [4.69, 9.17) is 4.84 Å². The van der Waals surface area contributed by atoms with Gasteiger partial charge in [-0.1, -0.05) is 61.9 Å². The zero-order valence-electron chi connectivity index (χ0n) is 13.5. The van der Waals surface area contributed by atoms with Gasteiger partial charge in [-0.2, -0.15) is 5.48 Å². The van der Waals surface area contributed by atoms with E-state index < -0.39 is 0 Å². The minimum atomic E-state index is 0.248. The van der Waals surface area contributed by atoms with Crippen molar-refractivity contribution < 1.29 is 4.84 Å². The van der Waals surface area contributed by atoms with Crippen LogP contribution in [0.15, 0.2) is 54.6 Å². The molecule has 1 aliphatic heterocycles. The Balaban J connectivity index is 0.00000106. The van der Waals surface area contributed by atoms with Crippen LogP contribution >= 0.6 is 0 Å². The number of hydrogen-bond acceptors (Lipinski definition) is 3. The zero-order chi connectivity index (χ0) is 15.5. The van der Waals surface area contributed by atoms with Crippen LogP contribution in [0, 0.1) is 0 Å². The van der Waals surface area contributed by atoms with Gasteiger partial charge in [0.1, 0.15) is 0 Å². The van der Waals surface area contributed by atoms with Crippen molar-refractivity contribution >= 4 is 0 Å². The van der Waals surface area contributed by atoms with Gasteiger partial charge in [0, 0.05) is 19.6 Å². The van der Waals surface area contributed by atoms with Crippen LogP contribution in [0.1, 0.15) is 26.3 Å². The van der Waals surface area contributed by atoms with Crippen molar-refractivity contribution in [1.82, 2.24) is 10.4 Å². The minimum Gasteiger partial charge on any atom is -0.297 e. The van der Waals surface area contributed by atoms with E-state index in [0.717, 1.165) is 19.6 Å². The maximum absolute atomic E-state index is 5.33. The molecule has 0 radical (unpaired) electrons. The van der Waals surface area contributed by atoms with Crippen molar-refractivity contribution in [2.45, 2.75) is 33.4 Å². The third-order valence-electron chi connectivity index (χ3n) is 3.10. The third-order valence-corrected chi connectivity index (χ3v) is 3.10. The minimum absolute atomic E-state index is 0.248. The average Bonchev–Trinajstić information content (AvgIpc) is 2.50. The van der Waals surface area contributed by atoms with Gasteiger partial charge in [0.05, 0.1) is 12.6 Å². The lowest BCUT2D eigenvalue weighted by Crippen LogP contribution is -2.43. The molecule has 1 aromatic rings. The number of hydrogen-bond donors (Lipinski definition) is 1. The van der Waals surface area contributed by atoms with E-state index in [1.54, 1.807) is 6.08 Å². The summed E-state index contributed by atoms with van der Waals surface area (Å²) in [7, 11) is 0. The normalized spacial score (nSPS) is 18.4. The molecule has 0 saturated carbocycles. The van der Waals surface area contributed by atoms with Gasteiger partial charge >= 0.3 is 0 Å². The predicted molar refractivity (Wildman–Crippen MR) is 89.9 cm³/mol. The Labute approximate surface area is 129 Å². The van der Waals surface area contributed by atoms with Gasteiger partial charge in [-0.05, 0) is 12.5 Å². The molecule has 3 heteroatoms. The van der Waals surface area contributed by atoms with Crippen LogP contribution in [0.2, 0.25) is 0 Å². The molecule has 0 amide bonds. The molecule has 1 unspecified atom stereocenters. The summed E-state index contributed by atoms with van der Waals surface area (Å²) in [4.78, 5) is 7.76. The monoisotopic (exact) mass is 288 g/mol. The molecule has 116 valence electrons. The van der Waals surface area contributed by atoms with E-state index in [1.807, 2.05) is 13.8 Å². The molecule has 1 aromatic carbocycles. The molecule has 21 heavy (non-hydrogen) atoms. The van der Waals surface area contributed by atoms with Gasteiger partial charge in [-0.15, -0.1) is 6.58 Å². The Morgan fingerprint density at radius 3 is 2.71 bits per heavy atom. The van der Waals surface area contributed by atoms with Gasteiger partial charge in [0.15, 0.2) is 0 Å². The first-order valence-corrected chi connectivity index (χ1v) is 7.69. The number of hydroxylamine groups is 1. The van der Waals surface area contributed by atoms with E-state index in [1.165, 1.54) is 11.1 Å². The predicted octanol–water partition coefficient (Wildman–Crippen LogP) is 3.55. The van der Waals surface area contributed by atoms with Gasteiger partial charge in [0.25, 0.3) is 0 Å². The fraction of sp³-hybridized carbons (Fsp3) is 0.444. The quantitative estimate of drug-likeness (QED) is 0.492.